The van der Waals surface area contributed by atoms with E-state index in [4.69, 9.17) is 4.74 Å². The average molecular weight is 452 g/mol. The highest BCUT2D eigenvalue weighted by Crippen LogP contribution is 2.33. The van der Waals surface area contributed by atoms with Crippen molar-refractivity contribution in [3.63, 3.8) is 0 Å². The Morgan fingerprint density at radius 2 is 1.94 bits per heavy atom. The van der Waals surface area contributed by atoms with Gasteiger partial charge in [-0.25, -0.2) is 0 Å². The Hall–Kier alpha value is -3.88. The predicted octanol–water partition coefficient (Wildman–Crippen LogP) is 1.90. The van der Waals surface area contributed by atoms with Crippen LogP contribution in [0, 0.1) is 6.92 Å². The van der Waals surface area contributed by atoms with E-state index in [-0.39, 0.29) is 28.8 Å². The number of carboxylic acids is 1. The molecular formula is C24H24N2O7. The zero-order chi connectivity index (χ0) is 23.9. The van der Waals surface area contributed by atoms with Gasteiger partial charge >= 0.3 is 11.9 Å². The third-order valence-electron chi connectivity index (χ3n) is 6.19. The molecule has 0 aliphatic carbocycles. The Kier molecular flexibility index (Phi) is 5.80. The van der Waals surface area contributed by atoms with Gasteiger partial charge in [0.2, 0.25) is 0 Å². The Labute approximate surface area is 188 Å². The first-order valence-electron chi connectivity index (χ1n) is 10.6. The highest BCUT2D eigenvalue weighted by molar-refractivity contribution is 5.84. The first kappa shape index (κ1) is 22.3. The summed E-state index contributed by atoms with van der Waals surface area (Å²) in [6.07, 6.45) is 1.26. The summed E-state index contributed by atoms with van der Waals surface area (Å²) in [5.41, 5.74) is 0.965. The standard InChI is InChI=1S/C24H24N2O7/c1-13-9-18(27)21(24(32)26(13)12-19(28)29)16(11-20(30)33-2)17-10-15-6-3-5-14-7-4-8-25(22(14)15)23(17)31/h3,5-6,9-10,16,27H,4,7-8,11-12H2,1-2H3,(H,28,29). The highest BCUT2D eigenvalue weighted by Gasteiger charge is 2.30. The number of benzene rings is 1. The van der Waals surface area contributed by atoms with Crippen molar-refractivity contribution in [2.24, 2.45) is 0 Å². The number of aromatic nitrogens is 2. The summed E-state index contributed by atoms with van der Waals surface area (Å²) >= 11 is 0. The van der Waals surface area contributed by atoms with E-state index in [1.54, 1.807) is 10.6 Å². The molecule has 0 spiro atoms. The molecule has 1 unspecified atom stereocenters. The number of pyridine rings is 2. The summed E-state index contributed by atoms with van der Waals surface area (Å²) < 4.78 is 7.45. The van der Waals surface area contributed by atoms with Crippen LogP contribution in [-0.4, -0.2) is 38.4 Å². The molecule has 3 aromatic rings. The molecule has 1 aromatic carbocycles. The number of aliphatic carboxylic acids is 1. The molecule has 0 radical (unpaired) electrons. The van der Waals surface area contributed by atoms with Gasteiger partial charge in [-0.2, -0.15) is 0 Å². The first-order valence-corrected chi connectivity index (χ1v) is 10.6. The largest absolute Gasteiger partial charge is 0.507 e. The summed E-state index contributed by atoms with van der Waals surface area (Å²) in [4.78, 5) is 50.5. The van der Waals surface area contributed by atoms with Crippen LogP contribution in [-0.2, 0) is 33.8 Å². The fourth-order valence-corrected chi connectivity index (χ4v) is 4.68. The SMILES string of the molecule is COC(=O)CC(c1c(O)cc(C)n(CC(=O)O)c1=O)c1cc2cccc3c2n(c1=O)CCC3. The highest BCUT2D eigenvalue weighted by atomic mass is 16.5. The molecular weight excluding hydrogens is 428 g/mol. The minimum Gasteiger partial charge on any atom is -0.507 e. The number of ether oxygens (including phenoxy) is 1. The van der Waals surface area contributed by atoms with Crippen LogP contribution in [0.5, 0.6) is 5.75 Å². The molecule has 0 amide bonds. The van der Waals surface area contributed by atoms with Crippen LogP contribution in [0.2, 0.25) is 0 Å². The molecule has 0 saturated carbocycles. The third-order valence-corrected chi connectivity index (χ3v) is 6.19. The molecule has 2 aromatic heterocycles. The molecule has 0 saturated heterocycles. The van der Waals surface area contributed by atoms with Crippen molar-refractivity contribution in [2.45, 2.75) is 45.2 Å². The number of carbonyl (C=O) groups excluding carboxylic acids is 1. The number of carbonyl (C=O) groups is 2. The molecule has 33 heavy (non-hydrogen) atoms. The summed E-state index contributed by atoms with van der Waals surface area (Å²) in [6.45, 7) is 1.38. The third kappa shape index (κ3) is 3.90. The van der Waals surface area contributed by atoms with Crippen molar-refractivity contribution in [2.75, 3.05) is 7.11 Å². The second-order valence-corrected chi connectivity index (χ2v) is 8.22. The van der Waals surface area contributed by atoms with Crippen LogP contribution in [0.4, 0.5) is 0 Å². The smallest absolute Gasteiger partial charge is 0.323 e. The van der Waals surface area contributed by atoms with Gasteiger partial charge in [-0.3, -0.25) is 19.2 Å². The van der Waals surface area contributed by atoms with Gasteiger partial charge in [-0.15, -0.1) is 0 Å². The van der Waals surface area contributed by atoms with Gasteiger partial charge in [0, 0.05) is 23.7 Å². The van der Waals surface area contributed by atoms with Crippen LogP contribution >= 0.6 is 0 Å². The second-order valence-electron chi connectivity index (χ2n) is 8.22. The average Bonchev–Trinajstić information content (AvgIpc) is 2.78. The summed E-state index contributed by atoms with van der Waals surface area (Å²) in [7, 11) is 1.19. The first-order chi connectivity index (χ1) is 15.7. The fraction of sp³-hybridized carbons (Fsp3) is 0.333. The van der Waals surface area contributed by atoms with Crippen LogP contribution in [0.15, 0.2) is 39.9 Å². The minimum absolute atomic E-state index is 0.171. The molecule has 9 heteroatoms. The number of para-hydroxylation sites is 1. The molecule has 4 rings (SSSR count). The fourth-order valence-electron chi connectivity index (χ4n) is 4.68. The van der Waals surface area contributed by atoms with Gasteiger partial charge in [0.15, 0.2) is 0 Å². The van der Waals surface area contributed by atoms with E-state index in [1.165, 1.54) is 20.1 Å². The molecule has 1 aliphatic rings. The lowest BCUT2D eigenvalue weighted by Crippen LogP contribution is -2.34. The number of hydrogen-bond donors (Lipinski definition) is 2. The van der Waals surface area contributed by atoms with E-state index in [1.807, 2.05) is 18.2 Å². The summed E-state index contributed by atoms with van der Waals surface area (Å²) in [6, 6.07) is 8.64. The molecule has 0 fully saturated rings. The molecule has 0 bridgehead atoms. The molecule has 1 atom stereocenters. The van der Waals surface area contributed by atoms with E-state index in [0.29, 0.717) is 6.54 Å². The molecule has 9 nitrogen and oxygen atoms in total. The van der Waals surface area contributed by atoms with Crippen molar-refractivity contribution in [3.05, 3.63) is 73.4 Å². The zero-order valence-corrected chi connectivity index (χ0v) is 18.3. The molecule has 2 N–H and O–H groups in total. The van der Waals surface area contributed by atoms with Gasteiger partial charge in [0.25, 0.3) is 11.1 Å². The number of aromatic hydroxyl groups is 1. The van der Waals surface area contributed by atoms with Crippen LogP contribution in [0.25, 0.3) is 10.9 Å². The molecule has 3 heterocycles. The number of rotatable bonds is 6. The van der Waals surface area contributed by atoms with Crippen molar-refractivity contribution in [1.82, 2.24) is 9.13 Å². The van der Waals surface area contributed by atoms with Crippen LogP contribution < -0.4 is 11.1 Å². The Morgan fingerprint density at radius 3 is 2.64 bits per heavy atom. The quantitative estimate of drug-likeness (QED) is 0.547. The van der Waals surface area contributed by atoms with Gasteiger partial charge in [-0.1, -0.05) is 18.2 Å². The van der Waals surface area contributed by atoms with Crippen LogP contribution in [0.1, 0.15) is 41.1 Å². The van der Waals surface area contributed by atoms with Crippen LogP contribution in [0.3, 0.4) is 0 Å². The normalized spacial score (nSPS) is 13.6. The monoisotopic (exact) mass is 452 g/mol. The lowest BCUT2D eigenvalue weighted by molar-refractivity contribution is -0.141. The lowest BCUT2D eigenvalue weighted by Gasteiger charge is -2.24. The Balaban J connectivity index is 2.02. The Morgan fingerprint density at radius 1 is 1.18 bits per heavy atom. The topological polar surface area (TPSA) is 128 Å². The maximum absolute atomic E-state index is 13.6. The van der Waals surface area contributed by atoms with Crippen molar-refractivity contribution in [3.8, 4) is 5.75 Å². The maximum Gasteiger partial charge on any atom is 0.323 e. The minimum atomic E-state index is -1.23. The number of methoxy groups -OCH3 is 1. The number of aryl methyl sites for hydroxylation is 3. The second kappa shape index (κ2) is 8.57. The van der Waals surface area contributed by atoms with E-state index in [0.717, 1.165) is 33.9 Å². The summed E-state index contributed by atoms with van der Waals surface area (Å²) in [5, 5.41) is 20.7. The number of hydrogen-bond acceptors (Lipinski definition) is 6. The van der Waals surface area contributed by atoms with Crippen molar-refractivity contribution < 1.29 is 24.5 Å². The number of carboxylic acid groups (broad SMARTS) is 1. The van der Waals surface area contributed by atoms with E-state index >= 15 is 0 Å². The van der Waals surface area contributed by atoms with Crippen molar-refractivity contribution in [1.29, 1.82) is 0 Å². The van der Waals surface area contributed by atoms with Gasteiger partial charge in [0.1, 0.15) is 12.3 Å². The summed E-state index contributed by atoms with van der Waals surface area (Å²) in [5.74, 6) is -3.42. The Bertz CT molecular complexity index is 1400. The van der Waals surface area contributed by atoms with Gasteiger partial charge in [0.05, 0.1) is 24.6 Å². The molecule has 1 aliphatic heterocycles. The molecule has 172 valence electrons. The van der Waals surface area contributed by atoms with E-state index in [2.05, 4.69) is 0 Å². The van der Waals surface area contributed by atoms with E-state index < -0.39 is 35.7 Å². The number of esters is 1. The maximum atomic E-state index is 13.6. The van der Waals surface area contributed by atoms with Crippen molar-refractivity contribution >= 4 is 22.8 Å². The van der Waals surface area contributed by atoms with Gasteiger partial charge in [-0.05, 0) is 42.8 Å². The van der Waals surface area contributed by atoms with E-state index in [9.17, 15) is 29.4 Å². The number of nitrogens with zero attached hydrogens (tertiary/aromatic N) is 2. The van der Waals surface area contributed by atoms with Gasteiger partial charge < -0.3 is 24.1 Å². The lowest BCUT2D eigenvalue weighted by atomic mass is 9.87. The predicted molar refractivity (Wildman–Crippen MR) is 120 cm³/mol. The zero-order valence-electron chi connectivity index (χ0n) is 18.3.